The van der Waals surface area contributed by atoms with Gasteiger partial charge >= 0.3 is 12.1 Å². The lowest BCUT2D eigenvalue weighted by Crippen LogP contribution is -2.15. The molecule has 0 spiro atoms. The van der Waals surface area contributed by atoms with Crippen LogP contribution in [0.2, 0.25) is 10.0 Å². The molecule has 25 heavy (non-hydrogen) atoms. The molecule has 9 heteroatoms. The summed E-state index contributed by atoms with van der Waals surface area (Å²) in [6.45, 7) is 1.16. The lowest BCUT2D eigenvalue weighted by atomic mass is 10.1. The number of alkyl halides is 3. The molecule has 0 aromatic heterocycles. The van der Waals surface area contributed by atoms with E-state index in [1.165, 1.54) is 18.2 Å². The quantitative estimate of drug-likeness (QED) is 0.578. The molecule has 0 radical (unpaired) electrons. The van der Waals surface area contributed by atoms with E-state index in [2.05, 4.69) is 5.32 Å². The van der Waals surface area contributed by atoms with Crippen molar-refractivity contribution in [3.05, 3.63) is 57.6 Å². The van der Waals surface area contributed by atoms with Crippen molar-refractivity contribution in [3.63, 3.8) is 0 Å². The number of benzene rings is 2. The molecule has 0 aliphatic carbocycles. The van der Waals surface area contributed by atoms with Crippen LogP contribution < -0.4 is 10.1 Å². The number of hydrogen-bond acceptors (Lipinski definition) is 3. The molecule has 0 unspecified atom stereocenters. The number of carbonyl (C=O) groups excluding carboxylic acids is 2. The van der Waals surface area contributed by atoms with E-state index in [4.69, 9.17) is 27.9 Å². The Morgan fingerprint density at radius 1 is 1.08 bits per heavy atom. The van der Waals surface area contributed by atoms with Crippen LogP contribution in [0.3, 0.4) is 0 Å². The molecule has 0 heterocycles. The van der Waals surface area contributed by atoms with Crippen LogP contribution in [0.4, 0.5) is 18.9 Å². The van der Waals surface area contributed by atoms with Gasteiger partial charge in [-0.1, -0.05) is 23.2 Å². The summed E-state index contributed by atoms with van der Waals surface area (Å²) in [6.07, 6.45) is -4.55. The number of anilines is 1. The van der Waals surface area contributed by atoms with Gasteiger partial charge in [-0.2, -0.15) is 13.2 Å². The fourth-order valence-corrected chi connectivity index (χ4v) is 2.31. The van der Waals surface area contributed by atoms with Crippen LogP contribution in [0.25, 0.3) is 0 Å². The Morgan fingerprint density at radius 3 is 2.32 bits per heavy atom. The van der Waals surface area contributed by atoms with Gasteiger partial charge in [0.05, 0.1) is 21.8 Å². The van der Waals surface area contributed by atoms with Gasteiger partial charge in [0.1, 0.15) is 5.75 Å². The maximum Gasteiger partial charge on any atom is 0.416 e. The molecule has 2 rings (SSSR count). The van der Waals surface area contributed by atoms with Gasteiger partial charge in [-0.3, -0.25) is 9.59 Å². The first-order valence-electron chi connectivity index (χ1n) is 6.74. The number of amides is 1. The number of nitrogens with one attached hydrogen (secondary N) is 1. The number of ether oxygens (including phenoxy) is 1. The van der Waals surface area contributed by atoms with E-state index >= 15 is 0 Å². The first-order valence-corrected chi connectivity index (χ1v) is 7.49. The molecule has 0 atom stereocenters. The maximum atomic E-state index is 12.6. The second-order valence-corrected chi connectivity index (χ2v) is 5.72. The topological polar surface area (TPSA) is 55.4 Å². The van der Waals surface area contributed by atoms with E-state index in [-0.39, 0.29) is 27.0 Å². The van der Waals surface area contributed by atoms with Crippen molar-refractivity contribution >= 4 is 40.8 Å². The summed E-state index contributed by atoms with van der Waals surface area (Å²) in [5, 5.41) is 2.27. The largest absolute Gasteiger partial charge is 0.426 e. The maximum absolute atomic E-state index is 12.6. The summed E-state index contributed by atoms with van der Waals surface area (Å²) in [5.41, 5.74) is -1.05. The minimum atomic E-state index is -4.55. The van der Waals surface area contributed by atoms with Crippen molar-refractivity contribution in [2.75, 3.05) is 5.32 Å². The minimum absolute atomic E-state index is 0.0339. The zero-order valence-corrected chi connectivity index (χ0v) is 14.1. The second-order valence-electron chi connectivity index (χ2n) is 4.88. The van der Waals surface area contributed by atoms with Gasteiger partial charge in [-0.15, -0.1) is 0 Å². The highest BCUT2D eigenvalue weighted by Gasteiger charge is 2.31. The Kier molecular flexibility index (Phi) is 5.59. The van der Waals surface area contributed by atoms with Gasteiger partial charge in [-0.05, 0) is 36.4 Å². The molecular formula is C16H10Cl2F3NO3. The van der Waals surface area contributed by atoms with E-state index < -0.39 is 23.6 Å². The van der Waals surface area contributed by atoms with Crippen molar-refractivity contribution in [3.8, 4) is 5.75 Å². The smallest absolute Gasteiger partial charge is 0.416 e. The summed E-state index contributed by atoms with van der Waals surface area (Å²) in [4.78, 5) is 23.5. The fourth-order valence-electron chi connectivity index (χ4n) is 1.91. The standard InChI is InChI=1S/C16H10Cl2F3NO3/c1-8(23)25-14-5-3-10(17)7-11(14)15(24)22-13-4-2-9(6-12(13)18)16(19,20)21/h2-7H,1H3,(H,22,24). The summed E-state index contributed by atoms with van der Waals surface area (Å²) >= 11 is 11.6. The molecular weight excluding hydrogens is 382 g/mol. The predicted octanol–water partition coefficient (Wildman–Crippen LogP) is 5.19. The average molecular weight is 392 g/mol. The summed E-state index contributed by atoms with van der Waals surface area (Å²) in [5.74, 6) is -1.44. The van der Waals surface area contributed by atoms with E-state index in [0.29, 0.717) is 6.07 Å². The van der Waals surface area contributed by atoms with E-state index in [1.54, 1.807) is 0 Å². The van der Waals surface area contributed by atoms with Gasteiger partial charge in [0.15, 0.2) is 0 Å². The highest BCUT2D eigenvalue weighted by molar-refractivity contribution is 6.34. The van der Waals surface area contributed by atoms with Crippen molar-refractivity contribution in [1.29, 1.82) is 0 Å². The number of rotatable bonds is 3. The second kappa shape index (κ2) is 7.33. The van der Waals surface area contributed by atoms with Crippen LogP contribution in [0.15, 0.2) is 36.4 Å². The monoisotopic (exact) mass is 391 g/mol. The van der Waals surface area contributed by atoms with Crippen molar-refractivity contribution < 1.29 is 27.5 Å². The zero-order valence-electron chi connectivity index (χ0n) is 12.6. The lowest BCUT2D eigenvalue weighted by molar-refractivity contribution is -0.137. The number of halogens is 5. The summed E-state index contributed by atoms with van der Waals surface area (Å²) in [7, 11) is 0. The number of carbonyl (C=O) groups is 2. The molecule has 0 bridgehead atoms. The highest BCUT2D eigenvalue weighted by atomic mass is 35.5. The molecule has 0 saturated carbocycles. The third-order valence-electron chi connectivity index (χ3n) is 2.98. The predicted molar refractivity (Wildman–Crippen MR) is 87.2 cm³/mol. The molecule has 4 nitrogen and oxygen atoms in total. The molecule has 2 aromatic carbocycles. The lowest BCUT2D eigenvalue weighted by Gasteiger charge is -2.13. The van der Waals surface area contributed by atoms with Crippen LogP contribution >= 0.6 is 23.2 Å². The minimum Gasteiger partial charge on any atom is -0.426 e. The molecule has 0 aliphatic rings. The first kappa shape index (κ1) is 19.1. The normalized spacial score (nSPS) is 11.1. The van der Waals surface area contributed by atoms with E-state index in [0.717, 1.165) is 19.1 Å². The van der Waals surface area contributed by atoms with Crippen LogP contribution in [-0.4, -0.2) is 11.9 Å². The third-order valence-corrected chi connectivity index (χ3v) is 3.53. The van der Waals surface area contributed by atoms with Gasteiger partial charge in [0.2, 0.25) is 0 Å². The van der Waals surface area contributed by atoms with Crippen LogP contribution in [0, 0.1) is 0 Å². The number of hydrogen-bond donors (Lipinski definition) is 1. The number of esters is 1. The zero-order chi connectivity index (χ0) is 18.8. The van der Waals surface area contributed by atoms with Gasteiger partial charge in [0, 0.05) is 11.9 Å². The molecule has 0 fully saturated rings. The molecule has 2 aromatic rings. The molecule has 132 valence electrons. The van der Waals surface area contributed by atoms with Crippen LogP contribution in [0.1, 0.15) is 22.8 Å². The van der Waals surface area contributed by atoms with E-state index in [9.17, 15) is 22.8 Å². The Labute approximate surface area is 150 Å². The Hall–Kier alpha value is -2.25. The van der Waals surface area contributed by atoms with Gasteiger partial charge in [-0.25, -0.2) is 0 Å². The van der Waals surface area contributed by atoms with Crippen molar-refractivity contribution in [2.45, 2.75) is 13.1 Å². The molecule has 0 aliphatic heterocycles. The Morgan fingerprint density at radius 2 is 1.76 bits per heavy atom. The van der Waals surface area contributed by atoms with Gasteiger partial charge in [0.25, 0.3) is 5.91 Å². The Bertz CT molecular complexity index is 838. The van der Waals surface area contributed by atoms with Crippen LogP contribution in [-0.2, 0) is 11.0 Å². The first-order chi connectivity index (χ1) is 11.6. The third kappa shape index (κ3) is 4.87. The average Bonchev–Trinajstić information content (AvgIpc) is 2.49. The molecule has 0 saturated heterocycles. The van der Waals surface area contributed by atoms with E-state index in [1.807, 2.05) is 0 Å². The van der Waals surface area contributed by atoms with Crippen molar-refractivity contribution in [1.82, 2.24) is 0 Å². The fraction of sp³-hybridized carbons (Fsp3) is 0.125. The summed E-state index contributed by atoms with van der Waals surface area (Å²) < 4.78 is 42.8. The molecule has 1 N–H and O–H groups in total. The molecule has 1 amide bonds. The SMILES string of the molecule is CC(=O)Oc1ccc(Cl)cc1C(=O)Nc1ccc(C(F)(F)F)cc1Cl. The van der Waals surface area contributed by atoms with Crippen molar-refractivity contribution in [2.24, 2.45) is 0 Å². The van der Waals surface area contributed by atoms with Crippen LogP contribution in [0.5, 0.6) is 5.75 Å². The summed E-state index contributed by atoms with van der Waals surface area (Å²) in [6, 6.07) is 6.51. The van der Waals surface area contributed by atoms with Gasteiger partial charge < -0.3 is 10.1 Å². The highest BCUT2D eigenvalue weighted by Crippen LogP contribution is 2.34. The Balaban J connectivity index is 2.31.